The van der Waals surface area contributed by atoms with Crippen LogP contribution >= 0.6 is 15.9 Å². The van der Waals surface area contributed by atoms with Crippen LogP contribution in [0, 0.1) is 18.8 Å². The summed E-state index contributed by atoms with van der Waals surface area (Å²) in [5, 5.41) is 7.99. The highest BCUT2D eigenvalue weighted by Crippen LogP contribution is 2.33. The first kappa shape index (κ1) is 14.1. The van der Waals surface area contributed by atoms with Gasteiger partial charge >= 0.3 is 0 Å². The lowest BCUT2D eigenvalue weighted by atomic mass is 9.76. The molecule has 2 rings (SSSR count). The monoisotopic (exact) mass is 313 g/mol. The molecule has 1 aromatic heterocycles. The minimum atomic E-state index is 0.656. The topological polar surface area (TPSA) is 29.9 Å². The van der Waals surface area contributed by atoms with Gasteiger partial charge in [0.1, 0.15) is 0 Å². The average molecular weight is 314 g/mol. The second-order valence-corrected chi connectivity index (χ2v) is 6.54. The summed E-state index contributed by atoms with van der Waals surface area (Å²) in [6.07, 6.45) is 5.10. The maximum absolute atomic E-state index is 4.50. The lowest BCUT2D eigenvalue weighted by Crippen LogP contribution is -2.39. The number of aromatic nitrogens is 2. The van der Waals surface area contributed by atoms with E-state index in [2.05, 4.69) is 47.2 Å². The fourth-order valence-corrected chi connectivity index (χ4v) is 3.75. The second kappa shape index (κ2) is 5.74. The number of rotatable bonds is 3. The van der Waals surface area contributed by atoms with E-state index in [9.17, 15) is 0 Å². The lowest BCUT2D eigenvalue weighted by molar-refractivity contribution is 0.217. The zero-order chi connectivity index (χ0) is 13.3. The van der Waals surface area contributed by atoms with E-state index in [4.69, 9.17) is 0 Å². The van der Waals surface area contributed by atoms with Gasteiger partial charge in [-0.2, -0.15) is 5.10 Å². The van der Waals surface area contributed by atoms with Gasteiger partial charge in [0.25, 0.3) is 0 Å². The number of hydrogen-bond acceptors (Lipinski definition) is 2. The fourth-order valence-electron chi connectivity index (χ4n) is 3.25. The van der Waals surface area contributed by atoms with Crippen molar-refractivity contribution < 1.29 is 0 Å². The van der Waals surface area contributed by atoms with E-state index in [0.717, 1.165) is 24.0 Å². The molecule has 1 N–H and O–H groups in total. The highest BCUT2D eigenvalue weighted by atomic mass is 79.9. The minimum Gasteiger partial charge on any atom is -0.317 e. The summed E-state index contributed by atoms with van der Waals surface area (Å²) in [6, 6.07) is 0.656. The van der Waals surface area contributed by atoms with Crippen molar-refractivity contribution in [1.82, 2.24) is 15.1 Å². The van der Waals surface area contributed by atoms with Crippen LogP contribution in [0.1, 0.15) is 37.6 Å². The van der Waals surface area contributed by atoms with Crippen molar-refractivity contribution in [3.8, 4) is 0 Å². The first-order chi connectivity index (χ1) is 8.52. The Hall–Kier alpha value is -0.350. The molecule has 0 aliphatic heterocycles. The highest BCUT2D eigenvalue weighted by Gasteiger charge is 2.29. The molecule has 0 amide bonds. The van der Waals surface area contributed by atoms with E-state index < -0.39 is 0 Å². The molecule has 1 heterocycles. The summed E-state index contributed by atoms with van der Waals surface area (Å²) in [7, 11) is 4.14. The molecule has 1 fully saturated rings. The third-order valence-corrected chi connectivity index (χ3v) is 5.36. The Balaban J connectivity index is 2.15. The molecule has 3 unspecified atom stereocenters. The second-order valence-electron chi connectivity index (χ2n) is 5.75. The SMILES string of the molecule is CNC1CCC(C)CC1Cc1c(Br)c(C)nn1C. The maximum Gasteiger partial charge on any atom is 0.0738 e. The van der Waals surface area contributed by atoms with E-state index in [-0.39, 0.29) is 0 Å². The van der Waals surface area contributed by atoms with E-state index in [1.54, 1.807) is 0 Å². The lowest BCUT2D eigenvalue weighted by Gasteiger charge is -2.34. The zero-order valence-electron chi connectivity index (χ0n) is 11.8. The van der Waals surface area contributed by atoms with Gasteiger partial charge in [0.15, 0.2) is 0 Å². The summed E-state index contributed by atoms with van der Waals surface area (Å²) >= 11 is 3.68. The highest BCUT2D eigenvalue weighted by molar-refractivity contribution is 9.10. The molecular formula is C14H24BrN3. The first-order valence-electron chi connectivity index (χ1n) is 6.88. The van der Waals surface area contributed by atoms with Crippen LogP contribution in [0.15, 0.2) is 4.47 Å². The summed E-state index contributed by atoms with van der Waals surface area (Å²) < 4.78 is 3.23. The van der Waals surface area contributed by atoms with E-state index in [0.29, 0.717) is 6.04 Å². The number of nitrogens with one attached hydrogen (secondary N) is 1. The quantitative estimate of drug-likeness (QED) is 0.929. The molecule has 0 radical (unpaired) electrons. The summed E-state index contributed by atoms with van der Waals surface area (Å²) in [6.45, 7) is 4.44. The molecule has 18 heavy (non-hydrogen) atoms. The molecule has 4 heteroatoms. The number of nitrogens with zero attached hydrogens (tertiary/aromatic N) is 2. The van der Waals surface area contributed by atoms with Gasteiger partial charge in [-0.05, 0) is 67.4 Å². The van der Waals surface area contributed by atoms with Crippen molar-refractivity contribution in [2.75, 3.05) is 7.05 Å². The van der Waals surface area contributed by atoms with E-state index in [1.807, 2.05) is 11.7 Å². The van der Waals surface area contributed by atoms with Gasteiger partial charge in [0.05, 0.1) is 15.9 Å². The largest absolute Gasteiger partial charge is 0.317 e. The minimum absolute atomic E-state index is 0.656. The first-order valence-corrected chi connectivity index (χ1v) is 7.67. The van der Waals surface area contributed by atoms with Crippen LogP contribution < -0.4 is 5.32 Å². The summed E-state index contributed by atoms with van der Waals surface area (Å²) in [5.74, 6) is 1.58. The van der Waals surface area contributed by atoms with Crippen molar-refractivity contribution in [2.45, 2.75) is 45.6 Å². The summed E-state index contributed by atoms with van der Waals surface area (Å²) in [5.41, 5.74) is 2.43. The van der Waals surface area contributed by atoms with Crippen molar-refractivity contribution in [3.63, 3.8) is 0 Å². The van der Waals surface area contributed by atoms with Gasteiger partial charge in [-0.15, -0.1) is 0 Å². The molecule has 102 valence electrons. The predicted octanol–water partition coefficient (Wildman–Crippen LogP) is 3.06. The number of hydrogen-bond donors (Lipinski definition) is 1. The van der Waals surface area contributed by atoms with Crippen LogP contribution in [0.2, 0.25) is 0 Å². The maximum atomic E-state index is 4.50. The molecule has 1 aliphatic carbocycles. The average Bonchev–Trinajstić information content (AvgIpc) is 2.56. The van der Waals surface area contributed by atoms with Crippen LogP contribution in [0.3, 0.4) is 0 Å². The zero-order valence-corrected chi connectivity index (χ0v) is 13.4. The van der Waals surface area contributed by atoms with Crippen LogP contribution in [0.25, 0.3) is 0 Å². The predicted molar refractivity (Wildman–Crippen MR) is 78.7 cm³/mol. The van der Waals surface area contributed by atoms with Gasteiger partial charge < -0.3 is 5.32 Å². The Bertz CT molecular complexity index is 413. The molecule has 0 saturated heterocycles. The van der Waals surface area contributed by atoms with Crippen molar-refractivity contribution >= 4 is 15.9 Å². The summed E-state index contributed by atoms with van der Waals surface area (Å²) in [4.78, 5) is 0. The molecule has 1 aliphatic rings. The van der Waals surface area contributed by atoms with Crippen LogP contribution in [0.5, 0.6) is 0 Å². The smallest absolute Gasteiger partial charge is 0.0738 e. The van der Waals surface area contributed by atoms with Crippen molar-refractivity contribution in [1.29, 1.82) is 0 Å². The Kier molecular flexibility index (Phi) is 4.49. The van der Waals surface area contributed by atoms with Gasteiger partial charge in [-0.1, -0.05) is 6.92 Å². The molecule has 0 bridgehead atoms. The molecule has 1 aromatic rings. The van der Waals surface area contributed by atoms with E-state index in [1.165, 1.54) is 29.4 Å². The number of aryl methyl sites for hydroxylation is 2. The molecule has 3 atom stereocenters. The van der Waals surface area contributed by atoms with Gasteiger partial charge in [-0.25, -0.2) is 0 Å². The Morgan fingerprint density at radius 1 is 1.44 bits per heavy atom. The van der Waals surface area contributed by atoms with Crippen molar-refractivity contribution in [3.05, 3.63) is 15.9 Å². The van der Waals surface area contributed by atoms with Gasteiger partial charge in [0.2, 0.25) is 0 Å². The fraction of sp³-hybridized carbons (Fsp3) is 0.786. The molecule has 3 nitrogen and oxygen atoms in total. The van der Waals surface area contributed by atoms with Gasteiger partial charge in [-0.3, -0.25) is 4.68 Å². The standard InChI is InChI=1S/C14H24BrN3/c1-9-5-6-12(16-3)11(7-9)8-13-14(15)10(2)17-18(13)4/h9,11-12,16H,5-8H2,1-4H3. The third kappa shape index (κ3) is 2.80. The Morgan fingerprint density at radius 2 is 2.17 bits per heavy atom. The van der Waals surface area contributed by atoms with Crippen LogP contribution in [0.4, 0.5) is 0 Å². The van der Waals surface area contributed by atoms with Crippen molar-refractivity contribution in [2.24, 2.45) is 18.9 Å². The normalized spacial score (nSPS) is 28.6. The van der Waals surface area contributed by atoms with E-state index >= 15 is 0 Å². The third-order valence-electron chi connectivity index (χ3n) is 4.33. The van der Waals surface area contributed by atoms with Crippen LogP contribution in [-0.4, -0.2) is 22.9 Å². The van der Waals surface area contributed by atoms with Crippen LogP contribution in [-0.2, 0) is 13.5 Å². The Labute approximate surface area is 118 Å². The molecule has 1 saturated carbocycles. The van der Waals surface area contributed by atoms with Gasteiger partial charge in [0, 0.05) is 13.1 Å². The molecular weight excluding hydrogens is 290 g/mol. The molecule has 0 aromatic carbocycles. The number of halogens is 1. The Morgan fingerprint density at radius 3 is 2.72 bits per heavy atom. The molecule has 0 spiro atoms.